The number of rotatable bonds is 1. The van der Waals surface area contributed by atoms with E-state index >= 15 is 0 Å². The molecule has 14 heavy (non-hydrogen) atoms. The van der Waals surface area contributed by atoms with Crippen LogP contribution in [0.2, 0.25) is 0 Å². The summed E-state index contributed by atoms with van der Waals surface area (Å²) in [6.07, 6.45) is 0.693. The molecule has 3 nitrogen and oxygen atoms in total. The number of para-hydroxylation sites is 1. The summed E-state index contributed by atoms with van der Waals surface area (Å²) in [4.78, 5) is 13.2. The molecule has 0 aliphatic carbocycles. The highest BCUT2D eigenvalue weighted by Gasteiger charge is 2.24. The predicted octanol–water partition coefficient (Wildman–Crippen LogP) is 2.42. The molecule has 1 aliphatic heterocycles. The van der Waals surface area contributed by atoms with Gasteiger partial charge in [0.1, 0.15) is 6.10 Å². The summed E-state index contributed by atoms with van der Waals surface area (Å²) >= 11 is 0. The Balaban J connectivity index is 2.16. The fourth-order valence-corrected chi connectivity index (χ4v) is 1.54. The first-order chi connectivity index (χ1) is 6.77. The van der Waals surface area contributed by atoms with Crippen molar-refractivity contribution in [2.75, 3.05) is 11.4 Å². The number of anilines is 1. The Morgan fingerprint density at radius 3 is 2.71 bits per heavy atom. The predicted molar refractivity (Wildman–Crippen MR) is 54.3 cm³/mol. The molecule has 1 fully saturated rings. The van der Waals surface area contributed by atoms with Crippen LogP contribution in [0.15, 0.2) is 30.3 Å². The van der Waals surface area contributed by atoms with Crippen LogP contribution in [0, 0.1) is 0 Å². The van der Waals surface area contributed by atoms with Crippen molar-refractivity contribution in [3.05, 3.63) is 30.3 Å². The second kappa shape index (κ2) is 3.70. The topological polar surface area (TPSA) is 29.5 Å². The molecular weight excluding hydrogens is 178 g/mol. The van der Waals surface area contributed by atoms with E-state index in [1.54, 1.807) is 4.90 Å². The molecule has 1 saturated heterocycles. The second-order valence-electron chi connectivity index (χ2n) is 3.47. The lowest BCUT2D eigenvalue weighted by Gasteiger charge is -2.29. The van der Waals surface area contributed by atoms with Gasteiger partial charge in [0.15, 0.2) is 0 Å². The van der Waals surface area contributed by atoms with Crippen molar-refractivity contribution in [1.82, 2.24) is 0 Å². The summed E-state index contributed by atoms with van der Waals surface area (Å²) < 4.78 is 5.14. The largest absolute Gasteiger partial charge is 0.446 e. The van der Waals surface area contributed by atoms with Gasteiger partial charge in [-0.25, -0.2) is 4.79 Å². The van der Waals surface area contributed by atoms with E-state index in [1.165, 1.54) is 0 Å². The molecule has 1 atom stereocenters. The average molecular weight is 191 g/mol. The molecule has 0 bridgehead atoms. The Bertz CT molecular complexity index is 323. The quantitative estimate of drug-likeness (QED) is 0.682. The van der Waals surface area contributed by atoms with Crippen LogP contribution in [-0.2, 0) is 4.74 Å². The van der Waals surface area contributed by atoms with Crippen LogP contribution in [0.3, 0.4) is 0 Å². The van der Waals surface area contributed by atoms with Crippen molar-refractivity contribution in [3.63, 3.8) is 0 Å². The van der Waals surface area contributed by atoms with Crippen molar-refractivity contribution in [3.8, 4) is 0 Å². The minimum Gasteiger partial charge on any atom is -0.446 e. The molecular formula is C11H13NO2. The molecule has 1 aliphatic rings. The second-order valence-corrected chi connectivity index (χ2v) is 3.47. The Morgan fingerprint density at radius 2 is 2.07 bits per heavy atom. The molecule has 74 valence electrons. The van der Waals surface area contributed by atoms with E-state index in [2.05, 4.69) is 0 Å². The maximum atomic E-state index is 11.5. The van der Waals surface area contributed by atoms with Crippen molar-refractivity contribution in [1.29, 1.82) is 0 Å². The van der Waals surface area contributed by atoms with Crippen LogP contribution in [0.25, 0.3) is 0 Å². The molecule has 1 aromatic rings. The van der Waals surface area contributed by atoms with Gasteiger partial charge in [-0.2, -0.15) is 0 Å². The first-order valence-corrected chi connectivity index (χ1v) is 4.80. The van der Waals surface area contributed by atoms with Crippen LogP contribution in [0.1, 0.15) is 13.3 Å². The van der Waals surface area contributed by atoms with E-state index in [4.69, 9.17) is 4.74 Å². The monoisotopic (exact) mass is 191 g/mol. The molecule has 0 radical (unpaired) electrons. The van der Waals surface area contributed by atoms with Crippen molar-refractivity contribution in [2.45, 2.75) is 19.4 Å². The van der Waals surface area contributed by atoms with Gasteiger partial charge in [-0.1, -0.05) is 18.2 Å². The van der Waals surface area contributed by atoms with Gasteiger partial charge >= 0.3 is 6.09 Å². The zero-order chi connectivity index (χ0) is 9.97. The lowest BCUT2D eigenvalue weighted by atomic mass is 10.2. The number of cyclic esters (lactones) is 1. The number of nitrogens with zero attached hydrogens (tertiary/aromatic N) is 1. The normalized spacial score (nSPS) is 21.9. The lowest BCUT2D eigenvalue weighted by Crippen LogP contribution is -2.41. The minimum atomic E-state index is -0.241. The SMILES string of the molecule is CC1CCN(c2ccccc2)C(=O)O1. The van der Waals surface area contributed by atoms with E-state index in [9.17, 15) is 4.79 Å². The number of amides is 1. The Kier molecular flexibility index (Phi) is 2.39. The van der Waals surface area contributed by atoms with Crippen LogP contribution in [0.5, 0.6) is 0 Å². The van der Waals surface area contributed by atoms with Crippen LogP contribution < -0.4 is 4.90 Å². The maximum Gasteiger partial charge on any atom is 0.414 e. The van der Waals surface area contributed by atoms with Crippen LogP contribution >= 0.6 is 0 Å². The Hall–Kier alpha value is -1.51. The van der Waals surface area contributed by atoms with Crippen molar-refractivity contribution in [2.24, 2.45) is 0 Å². The molecule has 2 rings (SSSR count). The molecule has 0 N–H and O–H groups in total. The summed E-state index contributed by atoms with van der Waals surface area (Å²) in [6, 6.07) is 9.59. The van der Waals surface area contributed by atoms with Crippen LogP contribution in [0.4, 0.5) is 10.5 Å². The third kappa shape index (κ3) is 1.71. The van der Waals surface area contributed by atoms with Gasteiger partial charge in [-0.05, 0) is 19.1 Å². The summed E-state index contributed by atoms with van der Waals surface area (Å²) in [6.45, 7) is 2.66. The molecule has 1 amide bonds. The fraction of sp³-hybridized carbons (Fsp3) is 0.364. The van der Waals surface area contributed by atoms with Gasteiger partial charge in [0.05, 0.1) is 0 Å². The molecule has 0 saturated carbocycles. The van der Waals surface area contributed by atoms with Crippen LogP contribution in [-0.4, -0.2) is 18.7 Å². The van der Waals surface area contributed by atoms with Crippen molar-refractivity contribution < 1.29 is 9.53 Å². The number of carbonyl (C=O) groups excluding carboxylic acids is 1. The molecule has 1 heterocycles. The molecule has 0 spiro atoms. The molecule has 0 aromatic heterocycles. The fourth-order valence-electron chi connectivity index (χ4n) is 1.54. The van der Waals surface area contributed by atoms with Gasteiger partial charge < -0.3 is 4.74 Å². The lowest BCUT2D eigenvalue weighted by molar-refractivity contribution is 0.0944. The highest BCUT2D eigenvalue weighted by Crippen LogP contribution is 2.19. The number of hydrogen-bond donors (Lipinski definition) is 0. The van der Waals surface area contributed by atoms with E-state index in [-0.39, 0.29) is 12.2 Å². The third-order valence-corrected chi connectivity index (χ3v) is 2.35. The summed E-state index contributed by atoms with van der Waals surface area (Å²) in [7, 11) is 0. The number of benzene rings is 1. The number of hydrogen-bond acceptors (Lipinski definition) is 2. The highest BCUT2D eigenvalue weighted by molar-refractivity contribution is 5.88. The maximum absolute atomic E-state index is 11.5. The zero-order valence-electron chi connectivity index (χ0n) is 8.14. The highest BCUT2D eigenvalue weighted by atomic mass is 16.6. The first-order valence-electron chi connectivity index (χ1n) is 4.80. The Morgan fingerprint density at radius 1 is 1.36 bits per heavy atom. The summed E-state index contributed by atoms with van der Waals surface area (Å²) in [5.41, 5.74) is 0.907. The van der Waals surface area contributed by atoms with E-state index in [0.717, 1.165) is 18.7 Å². The third-order valence-electron chi connectivity index (χ3n) is 2.35. The Labute approximate surface area is 83.3 Å². The van der Waals surface area contributed by atoms with Gasteiger partial charge in [-0.3, -0.25) is 4.90 Å². The zero-order valence-corrected chi connectivity index (χ0v) is 8.14. The van der Waals surface area contributed by atoms with Gasteiger partial charge in [0.25, 0.3) is 0 Å². The molecule has 1 aromatic carbocycles. The van der Waals surface area contributed by atoms with E-state index < -0.39 is 0 Å². The standard InChI is InChI=1S/C11H13NO2/c1-9-7-8-12(11(13)14-9)10-5-3-2-4-6-10/h2-6,9H,7-8H2,1H3. The van der Waals surface area contributed by atoms with Gasteiger partial charge in [-0.15, -0.1) is 0 Å². The molecule has 1 unspecified atom stereocenters. The minimum absolute atomic E-state index is 0.0439. The van der Waals surface area contributed by atoms with E-state index in [0.29, 0.717) is 0 Å². The first kappa shape index (κ1) is 9.06. The van der Waals surface area contributed by atoms with Crippen molar-refractivity contribution >= 4 is 11.8 Å². The summed E-state index contributed by atoms with van der Waals surface area (Å²) in [5.74, 6) is 0. The average Bonchev–Trinajstić information content (AvgIpc) is 2.19. The van der Waals surface area contributed by atoms with Gasteiger partial charge in [0, 0.05) is 18.7 Å². The molecule has 3 heteroatoms. The van der Waals surface area contributed by atoms with E-state index in [1.807, 2.05) is 37.3 Å². The number of ether oxygens (including phenoxy) is 1. The van der Waals surface area contributed by atoms with Gasteiger partial charge in [0.2, 0.25) is 0 Å². The smallest absolute Gasteiger partial charge is 0.414 e. The summed E-state index contributed by atoms with van der Waals surface area (Å²) in [5, 5.41) is 0. The number of carbonyl (C=O) groups is 1.